The van der Waals surface area contributed by atoms with Gasteiger partial charge in [-0.15, -0.1) is 0 Å². The molecule has 1 amide bonds. The molecule has 6 nitrogen and oxygen atoms in total. The van der Waals surface area contributed by atoms with Gasteiger partial charge in [0.1, 0.15) is 6.29 Å². The van der Waals surface area contributed by atoms with Crippen LogP contribution < -0.4 is 0 Å². The molecular weight excluding hydrogens is 274 g/mol. The van der Waals surface area contributed by atoms with Gasteiger partial charge in [-0.3, -0.25) is 0 Å². The molecule has 1 heterocycles. The molecule has 0 radical (unpaired) electrons. The predicted molar refractivity (Wildman–Crippen MR) is 74.0 cm³/mol. The van der Waals surface area contributed by atoms with E-state index < -0.39 is 12.1 Å². The molecule has 0 saturated carbocycles. The number of ether oxygens (including phenoxy) is 1. The Morgan fingerprint density at radius 2 is 2.00 bits per heavy atom. The Kier molecular flexibility index (Phi) is 4.57. The normalized spacial score (nSPS) is 21.7. The third-order valence-corrected chi connectivity index (χ3v) is 3.80. The summed E-state index contributed by atoms with van der Waals surface area (Å²) in [4.78, 5) is 35.0. The number of esters is 1. The lowest BCUT2D eigenvalue weighted by molar-refractivity contribution is -0.112. The van der Waals surface area contributed by atoms with Gasteiger partial charge in [0.05, 0.1) is 18.7 Å². The van der Waals surface area contributed by atoms with Crippen LogP contribution in [-0.2, 0) is 9.53 Å². The summed E-state index contributed by atoms with van der Waals surface area (Å²) in [5.74, 6) is -0.572. The van der Waals surface area contributed by atoms with Crippen LogP contribution in [0.5, 0.6) is 0 Å². The number of carbonyl (C=O) groups is 3. The van der Waals surface area contributed by atoms with E-state index in [1.165, 1.54) is 12.0 Å². The highest BCUT2D eigenvalue weighted by atomic mass is 16.5. The Morgan fingerprint density at radius 3 is 2.52 bits per heavy atom. The van der Waals surface area contributed by atoms with Gasteiger partial charge in [0.2, 0.25) is 0 Å². The van der Waals surface area contributed by atoms with Crippen LogP contribution in [0.3, 0.4) is 0 Å². The lowest BCUT2D eigenvalue weighted by atomic mass is 9.88. The van der Waals surface area contributed by atoms with E-state index in [0.29, 0.717) is 24.9 Å². The highest BCUT2D eigenvalue weighted by Gasteiger charge is 2.32. The summed E-state index contributed by atoms with van der Waals surface area (Å²) in [6.07, 6.45) is 0.899. The maximum atomic E-state index is 11.4. The minimum atomic E-state index is -0.999. The van der Waals surface area contributed by atoms with Crippen LogP contribution >= 0.6 is 0 Å². The van der Waals surface area contributed by atoms with Crippen LogP contribution in [0.2, 0.25) is 0 Å². The van der Waals surface area contributed by atoms with Gasteiger partial charge < -0.3 is 19.5 Å². The van der Waals surface area contributed by atoms with E-state index in [1.807, 2.05) is 0 Å². The molecule has 112 valence electrons. The minimum Gasteiger partial charge on any atom is -0.465 e. The number of methoxy groups -OCH3 is 1. The molecule has 1 aliphatic rings. The van der Waals surface area contributed by atoms with Crippen molar-refractivity contribution in [3.63, 3.8) is 0 Å². The SMILES string of the molecule is COC(=O)c1ccc([C@@H]2CC(C=O)CCN2C(=O)O)cc1. The van der Waals surface area contributed by atoms with Gasteiger partial charge in [-0.25, -0.2) is 9.59 Å². The smallest absolute Gasteiger partial charge is 0.407 e. The van der Waals surface area contributed by atoms with Gasteiger partial charge in [-0.05, 0) is 30.5 Å². The summed E-state index contributed by atoms with van der Waals surface area (Å²) in [5, 5.41) is 9.27. The van der Waals surface area contributed by atoms with Gasteiger partial charge in [0.15, 0.2) is 0 Å². The second-order valence-corrected chi connectivity index (χ2v) is 5.03. The van der Waals surface area contributed by atoms with E-state index in [2.05, 4.69) is 4.74 Å². The fourth-order valence-corrected chi connectivity index (χ4v) is 2.62. The maximum Gasteiger partial charge on any atom is 0.407 e. The number of hydrogen-bond acceptors (Lipinski definition) is 4. The number of nitrogens with zero attached hydrogens (tertiary/aromatic N) is 1. The summed E-state index contributed by atoms with van der Waals surface area (Å²) >= 11 is 0. The number of amides is 1. The molecule has 21 heavy (non-hydrogen) atoms. The molecule has 1 aromatic rings. The predicted octanol–water partition coefficient (Wildman–Crippen LogP) is 2.10. The van der Waals surface area contributed by atoms with E-state index in [1.54, 1.807) is 24.3 Å². The van der Waals surface area contributed by atoms with E-state index in [0.717, 1.165) is 11.8 Å². The Hall–Kier alpha value is -2.37. The van der Waals surface area contributed by atoms with Crippen molar-refractivity contribution in [2.75, 3.05) is 13.7 Å². The Bertz CT molecular complexity index is 539. The van der Waals surface area contributed by atoms with Crippen molar-refractivity contribution >= 4 is 18.3 Å². The molecule has 0 bridgehead atoms. The fourth-order valence-electron chi connectivity index (χ4n) is 2.62. The number of likely N-dealkylation sites (tertiary alicyclic amines) is 1. The van der Waals surface area contributed by atoms with Crippen molar-refractivity contribution in [3.05, 3.63) is 35.4 Å². The van der Waals surface area contributed by atoms with Crippen LogP contribution in [0.25, 0.3) is 0 Å². The number of rotatable bonds is 3. The van der Waals surface area contributed by atoms with Gasteiger partial charge in [-0.1, -0.05) is 12.1 Å². The number of carboxylic acid groups (broad SMARTS) is 1. The van der Waals surface area contributed by atoms with Gasteiger partial charge >= 0.3 is 12.1 Å². The van der Waals surface area contributed by atoms with Crippen LogP contribution in [0, 0.1) is 5.92 Å². The lowest BCUT2D eigenvalue weighted by Crippen LogP contribution is -2.40. The molecule has 1 N–H and O–H groups in total. The second-order valence-electron chi connectivity index (χ2n) is 5.03. The highest BCUT2D eigenvalue weighted by Crippen LogP contribution is 2.33. The summed E-state index contributed by atoms with van der Waals surface area (Å²) in [6.45, 7) is 0.335. The molecule has 0 spiro atoms. The van der Waals surface area contributed by atoms with Crippen molar-refractivity contribution in [1.82, 2.24) is 4.90 Å². The van der Waals surface area contributed by atoms with Crippen molar-refractivity contribution in [1.29, 1.82) is 0 Å². The molecule has 1 fully saturated rings. The topological polar surface area (TPSA) is 83.9 Å². The Labute approximate surface area is 122 Å². The first-order valence-corrected chi connectivity index (χ1v) is 6.70. The first kappa shape index (κ1) is 15.0. The molecule has 0 aromatic heterocycles. The molecule has 2 atom stereocenters. The molecule has 1 aromatic carbocycles. The third-order valence-electron chi connectivity index (χ3n) is 3.80. The van der Waals surface area contributed by atoms with E-state index in [4.69, 9.17) is 0 Å². The largest absolute Gasteiger partial charge is 0.465 e. The van der Waals surface area contributed by atoms with Crippen molar-refractivity contribution in [2.45, 2.75) is 18.9 Å². The molecule has 2 rings (SSSR count). The standard InChI is InChI=1S/C15H17NO5/c1-21-14(18)12-4-2-11(3-5-12)13-8-10(9-17)6-7-16(13)15(19)20/h2-5,9-10,13H,6-8H2,1H3,(H,19,20)/t10?,13-/m0/s1. The number of benzene rings is 1. The van der Waals surface area contributed by atoms with Gasteiger partial charge in [-0.2, -0.15) is 0 Å². The zero-order valence-electron chi connectivity index (χ0n) is 11.7. The first-order valence-electron chi connectivity index (χ1n) is 6.70. The van der Waals surface area contributed by atoms with Crippen molar-refractivity contribution in [2.24, 2.45) is 5.92 Å². The zero-order valence-corrected chi connectivity index (χ0v) is 11.7. The van der Waals surface area contributed by atoms with Gasteiger partial charge in [0.25, 0.3) is 0 Å². The second kappa shape index (κ2) is 6.39. The fraction of sp³-hybridized carbons (Fsp3) is 0.400. The quantitative estimate of drug-likeness (QED) is 0.681. The minimum absolute atomic E-state index is 0.133. The number of piperidine rings is 1. The third kappa shape index (κ3) is 3.21. The molecule has 1 unspecified atom stereocenters. The monoisotopic (exact) mass is 291 g/mol. The van der Waals surface area contributed by atoms with Crippen molar-refractivity contribution < 1.29 is 24.2 Å². The Morgan fingerprint density at radius 1 is 1.33 bits per heavy atom. The van der Waals surface area contributed by atoms with E-state index >= 15 is 0 Å². The average Bonchev–Trinajstić information content (AvgIpc) is 2.53. The van der Waals surface area contributed by atoms with Crippen LogP contribution in [0.1, 0.15) is 34.8 Å². The summed E-state index contributed by atoms with van der Waals surface area (Å²) in [5.41, 5.74) is 1.18. The molecule has 1 saturated heterocycles. The molecular formula is C15H17NO5. The number of hydrogen-bond donors (Lipinski definition) is 1. The lowest BCUT2D eigenvalue weighted by Gasteiger charge is -2.36. The van der Waals surface area contributed by atoms with E-state index in [9.17, 15) is 19.5 Å². The van der Waals surface area contributed by atoms with E-state index in [-0.39, 0.29) is 12.0 Å². The highest BCUT2D eigenvalue weighted by molar-refractivity contribution is 5.89. The van der Waals surface area contributed by atoms with Gasteiger partial charge in [0, 0.05) is 12.5 Å². The van der Waals surface area contributed by atoms with Crippen LogP contribution in [-0.4, -0.2) is 42.0 Å². The summed E-state index contributed by atoms with van der Waals surface area (Å²) in [6, 6.07) is 6.26. The summed E-state index contributed by atoms with van der Waals surface area (Å²) in [7, 11) is 1.30. The van der Waals surface area contributed by atoms with Crippen LogP contribution in [0.4, 0.5) is 4.79 Å². The maximum absolute atomic E-state index is 11.4. The summed E-state index contributed by atoms with van der Waals surface area (Å²) < 4.78 is 4.63. The van der Waals surface area contributed by atoms with Crippen LogP contribution in [0.15, 0.2) is 24.3 Å². The zero-order chi connectivity index (χ0) is 15.4. The van der Waals surface area contributed by atoms with Crippen molar-refractivity contribution in [3.8, 4) is 0 Å². The molecule has 1 aliphatic heterocycles. The Balaban J connectivity index is 2.25. The first-order chi connectivity index (χ1) is 10.1. The number of carbonyl (C=O) groups excluding carboxylic acids is 2. The number of aldehydes is 1. The average molecular weight is 291 g/mol. The molecule has 0 aliphatic carbocycles. The molecule has 6 heteroatoms.